The summed E-state index contributed by atoms with van der Waals surface area (Å²) < 4.78 is 6.36. The van der Waals surface area contributed by atoms with Gasteiger partial charge in [0.25, 0.3) is 5.91 Å². The van der Waals surface area contributed by atoms with Gasteiger partial charge in [0.1, 0.15) is 11.5 Å². The van der Waals surface area contributed by atoms with Crippen LogP contribution >= 0.6 is 0 Å². The van der Waals surface area contributed by atoms with Gasteiger partial charge in [0.15, 0.2) is 0 Å². The summed E-state index contributed by atoms with van der Waals surface area (Å²) >= 11 is 0. The third-order valence-corrected chi connectivity index (χ3v) is 8.07. The molecule has 6 rings (SSSR count). The monoisotopic (exact) mass is 402 g/mol. The van der Waals surface area contributed by atoms with Crippen LogP contribution in [0.25, 0.3) is 0 Å². The summed E-state index contributed by atoms with van der Waals surface area (Å²) in [6.45, 7) is 1.75. The van der Waals surface area contributed by atoms with E-state index in [-0.39, 0.29) is 5.91 Å². The van der Waals surface area contributed by atoms with Crippen LogP contribution in [0.4, 0.5) is 0 Å². The van der Waals surface area contributed by atoms with E-state index >= 15 is 0 Å². The van der Waals surface area contributed by atoms with Gasteiger partial charge in [-0.2, -0.15) is 0 Å². The fourth-order valence-corrected chi connectivity index (χ4v) is 6.47. The van der Waals surface area contributed by atoms with Gasteiger partial charge in [-0.25, -0.2) is 0 Å². The zero-order chi connectivity index (χ0) is 20.2. The first-order valence-electron chi connectivity index (χ1n) is 11.6. The summed E-state index contributed by atoms with van der Waals surface area (Å²) in [5.74, 6) is 2.98. The number of para-hydroxylation sites is 1. The molecule has 4 nitrogen and oxygen atoms in total. The second kappa shape index (κ2) is 7.12. The number of ether oxygens (including phenoxy) is 1. The number of carbonyl (C=O) groups excluding carboxylic acids is 1. The number of piperidine rings is 1. The largest absolute Gasteiger partial charge is 0.457 e. The highest BCUT2D eigenvalue weighted by Gasteiger charge is 2.44. The highest BCUT2D eigenvalue weighted by Crippen LogP contribution is 2.52. The van der Waals surface area contributed by atoms with Crippen molar-refractivity contribution in [1.29, 1.82) is 0 Å². The minimum Gasteiger partial charge on any atom is -0.457 e. The van der Waals surface area contributed by atoms with Crippen LogP contribution in [-0.2, 0) is 0 Å². The Balaban J connectivity index is 1.38. The lowest BCUT2D eigenvalue weighted by molar-refractivity contribution is 0.0792. The van der Waals surface area contributed by atoms with Crippen LogP contribution in [0, 0.1) is 5.92 Å². The number of nitrogens with zero attached hydrogens (tertiary/aromatic N) is 2. The topological polar surface area (TPSA) is 32.8 Å². The SMILES string of the molecule is CN1C2CCC1CC(C1c3ccccc3Oc3cc(C(=O)N4CCCC4)ccc31)C2. The van der Waals surface area contributed by atoms with Crippen molar-refractivity contribution in [2.45, 2.75) is 56.5 Å². The zero-order valence-corrected chi connectivity index (χ0v) is 17.7. The molecule has 0 aromatic heterocycles. The standard InChI is InChI=1S/C26H30N2O2/c1-27-19-9-10-20(27)15-18(14-19)25-21-6-2-3-7-23(21)30-24-16-17(8-11-22(24)25)26(29)28-12-4-5-13-28/h2-3,6-8,11,16,18-20,25H,4-5,9-10,12-15H2,1H3. The van der Waals surface area contributed by atoms with E-state index in [2.05, 4.69) is 42.3 Å². The molecule has 4 heteroatoms. The molecule has 3 unspecified atom stereocenters. The number of amides is 1. The minimum absolute atomic E-state index is 0.145. The number of carbonyl (C=O) groups is 1. The lowest BCUT2D eigenvalue weighted by Crippen LogP contribution is -2.41. The molecule has 1 amide bonds. The molecule has 2 aromatic rings. The fourth-order valence-electron chi connectivity index (χ4n) is 6.47. The molecule has 2 bridgehead atoms. The van der Waals surface area contributed by atoms with Gasteiger partial charge in [0, 0.05) is 47.8 Å². The third-order valence-electron chi connectivity index (χ3n) is 8.07. The zero-order valence-electron chi connectivity index (χ0n) is 17.7. The molecule has 4 heterocycles. The van der Waals surface area contributed by atoms with Gasteiger partial charge in [0.2, 0.25) is 0 Å². The summed E-state index contributed by atoms with van der Waals surface area (Å²) in [6, 6.07) is 16.2. The number of hydrogen-bond acceptors (Lipinski definition) is 3. The van der Waals surface area contributed by atoms with Crippen LogP contribution in [0.2, 0.25) is 0 Å². The van der Waals surface area contributed by atoms with Crippen LogP contribution in [0.15, 0.2) is 42.5 Å². The van der Waals surface area contributed by atoms with Gasteiger partial charge in [-0.1, -0.05) is 24.3 Å². The van der Waals surface area contributed by atoms with E-state index in [4.69, 9.17) is 4.74 Å². The molecule has 3 saturated heterocycles. The van der Waals surface area contributed by atoms with Gasteiger partial charge < -0.3 is 14.5 Å². The van der Waals surface area contributed by atoms with Gasteiger partial charge in [0.05, 0.1) is 0 Å². The molecule has 4 aliphatic rings. The molecule has 0 N–H and O–H groups in total. The van der Waals surface area contributed by atoms with Crippen molar-refractivity contribution in [3.63, 3.8) is 0 Å². The molecular weight excluding hydrogens is 372 g/mol. The first-order chi connectivity index (χ1) is 14.7. The molecule has 0 spiro atoms. The summed E-state index contributed by atoms with van der Waals surface area (Å²) in [6.07, 6.45) is 7.39. The Hall–Kier alpha value is -2.33. The van der Waals surface area contributed by atoms with E-state index in [9.17, 15) is 4.79 Å². The van der Waals surface area contributed by atoms with E-state index in [1.165, 1.54) is 36.8 Å². The Bertz CT molecular complexity index is 967. The molecule has 0 saturated carbocycles. The molecule has 0 aliphatic carbocycles. The maximum atomic E-state index is 13.0. The first-order valence-corrected chi connectivity index (χ1v) is 11.6. The highest BCUT2D eigenvalue weighted by atomic mass is 16.5. The van der Waals surface area contributed by atoms with Crippen molar-refractivity contribution in [2.24, 2.45) is 5.92 Å². The predicted molar refractivity (Wildman–Crippen MR) is 117 cm³/mol. The van der Waals surface area contributed by atoms with Crippen molar-refractivity contribution in [3.8, 4) is 11.5 Å². The van der Waals surface area contributed by atoms with E-state index in [0.717, 1.165) is 43.0 Å². The number of likely N-dealkylation sites (tertiary alicyclic amines) is 1. The van der Waals surface area contributed by atoms with Crippen LogP contribution in [0.1, 0.15) is 65.9 Å². The second-order valence-electron chi connectivity index (χ2n) is 9.65. The normalized spacial score (nSPS) is 30.0. The predicted octanol–water partition coefficient (Wildman–Crippen LogP) is 5.03. The van der Waals surface area contributed by atoms with Crippen molar-refractivity contribution >= 4 is 5.91 Å². The molecule has 2 aromatic carbocycles. The Morgan fingerprint density at radius 2 is 1.63 bits per heavy atom. The molecule has 0 radical (unpaired) electrons. The number of hydrogen-bond donors (Lipinski definition) is 0. The van der Waals surface area contributed by atoms with Gasteiger partial charge in [-0.3, -0.25) is 4.79 Å². The van der Waals surface area contributed by atoms with Gasteiger partial charge in [-0.05, 0) is 69.7 Å². The van der Waals surface area contributed by atoms with Crippen molar-refractivity contribution in [3.05, 3.63) is 59.2 Å². The van der Waals surface area contributed by atoms with E-state index in [1.54, 1.807) is 0 Å². The third kappa shape index (κ3) is 2.88. The summed E-state index contributed by atoms with van der Waals surface area (Å²) in [4.78, 5) is 17.5. The minimum atomic E-state index is 0.145. The smallest absolute Gasteiger partial charge is 0.253 e. The van der Waals surface area contributed by atoms with Gasteiger partial charge in [-0.15, -0.1) is 0 Å². The number of benzene rings is 2. The maximum absolute atomic E-state index is 13.0. The fraction of sp³-hybridized carbons (Fsp3) is 0.500. The van der Waals surface area contributed by atoms with Crippen molar-refractivity contribution in [2.75, 3.05) is 20.1 Å². The molecule has 156 valence electrons. The van der Waals surface area contributed by atoms with Crippen LogP contribution in [-0.4, -0.2) is 47.9 Å². The highest BCUT2D eigenvalue weighted by molar-refractivity contribution is 5.95. The lowest BCUT2D eigenvalue weighted by Gasteiger charge is -2.42. The first kappa shape index (κ1) is 18.4. The number of rotatable bonds is 2. The average molecular weight is 403 g/mol. The van der Waals surface area contributed by atoms with Crippen molar-refractivity contribution < 1.29 is 9.53 Å². The quantitative estimate of drug-likeness (QED) is 0.706. The number of fused-ring (bicyclic) bond motifs is 4. The van der Waals surface area contributed by atoms with E-state index in [1.807, 2.05) is 17.0 Å². The van der Waals surface area contributed by atoms with Crippen LogP contribution in [0.5, 0.6) is 11.5 Å². The van der Waals surface area contributed by atoms with Crippen LogP contribution < -0.4 is 4.74 Å². The van der Waals surface area contributed by atoms with E-state index < -0.39 is 0 Å². The Morgan fingerprint density at radius 1 is 0.933 bits per heavy atom. The molecule has 30 heavy (non-hydrogen) atoms. The van der Waals surface area contributed by atoms with Crippen molar-refractivity contribution in [1.82, 2.24) is 9.80 Å². The Labute approximate surface area is 178 Å². The van der Waals surface area contributed by atoms with Crippen LogP contribution in [0.3, 0.4) is 0 Å². The Morgan fingerprint density at radius 3 is 2.40 bits per heavy atom. The molecular formula is C26H30N2O2. The van der Waals surface area contributed by atoms with E-state index in [0.29, 0.717) is 23.9 Å². The summed E-state index contributed by atoms with van der Waals surface area (Å²) in [5, 5.41) is 0. The summed E-state index contributed by atoms with van der Waals surface area (Å²) in [7, 11) is 2.31. The molecule has 4 aliphatic heterocycles. The van der Waals surface area contributed by atoms with Gasteiger partial charge >= 0.3 is 0 Å². The lowest BCUT2D eigenvalue weighted by atomic mass is 9.72. The maximum Gasteiger partial charge on any atom is 0.253 e. The molecule has 3 atom stereocenters. The summed E-state index contributed by atoms with van der Waals surface area (Å²) in [5.41, 5.74) is 3.34. The average Bonchev–Trinajstić information content (AvgIpc) is 3.36. The molecule has 3 fully saturated rings. The second-order valence-corrected chi connectivity index (χ2v) is 9.65. The Kier molecular flexibility index (Phi) is 4.38.